The lowest BCUT2D eigenvalue weighted by atomic mass is 9.84. The number of fused-ring (bicyclic) bond motifs is 3. The van der Waals surface area contributed by atoms with Crippen LogP contribution in [0.4, 0.5) is 0 Å². The second-order valence-electron chi connectivity index (χ2n) is 13.0. The zero-order chi connectivity index (χ0) is 34.4. The first-order valence-corrected chi connectivity index (χ1v) is 19.1. The minimum atomic E-state index is 1.03. The first kappa shape index (κ1) is 30.6. The Morgan fingerprint density at radius 1 is 0.327 bits per heavy atom. The Morgan fingerprint density at radius 2 is 0.788 bits per heavy atom. The van der Waals surface area contributed by atoms with Crippen molar-refractivity contribution < 1.29 is 0 Å². The standard InChI is InChI=1S/C48H30N2S2/c1-2-8-39-32(6-1)7-5-11-40(39)33-14-12-31(13-15-33)38-24-25-43-44(30-38)46(35-18-22-37(23-19-35)48-50-27-29-52-48)42-10-4-3-9-41(42)45(43)34-16-20-36(21-17-34)47-49-26-28-51-47/h1-30H. The van der Waals surface area contributed by atoms with E-state index in [-0.39, 0.29) is 0 Å². The third kappa shape index (κ3) is 5.32. The average molecular weight is 699 g/mol. The van der Waals surface area contributed by atoms with Crippen molar-refractivity contribution in [3.05, 3.63) is 181 Å². The summed E-state index contributed by atoms with van der Waals surface area (Å²) in [6.07, 6.45) is 3.74. The van der Waals surface area contributed by atoms with E-state index in [4.69, 9.17) is 0 Å². The molecule has 0 saturated carbocycles. The van der Waals surface area contributed by atoms with E-state index in [2.05, 4.69) is 168 Å². The molecule has 10 rings (SSSR count). The first-order valence-electron chi connectivity index (χ1n) is 17.4. The molecule has 0 aliphatic heterocycles. The Balaban J connectivity index is 1.16. The number of benzene rings is 8. The normalized spacial score (nSPS) is 11.5. The summed E-state index contributed by atoms with van der Waals surface area (Å²) in [4.78, 5) is 9.10. The third-order valence-electron chi connectivity index (χ3n) is 10.0. The summed E-state index contributed by atoms with van der Waals surface area (Å²) in [5.41, 5.74) is 12.0. The molecule has 2 aromatic heterocycles. The van der Waals surface area contributed by atoms with E-state index in [1.807, 2.05) is 23.2 Å². The van der Waals surface area contributed by atoms with Crippen LogP contribution in [-0.4, -0.2) is 9.97 Å². The van der Waals surface area contributed by atoms with Gasteiger partial charge in [-0.05, 0) is 82.9 Å². The number of aromatic nitrogens is 2. The summed E-state index contributed by atoms with van der Waals surface area (Å²) in [5.74, 6) is 0. The maximum Gasteiger partial charge on any atom is 0.123 e. The molecule has 0 bridgehead atoms. The highest BCUT2D eigenvalue weighted by atomic mass is 32.1. The van der Waals surface area contributed by atoms with Crippen molar-refractivity contribution in [1.82, 2.24) is 9.97 Å². The summed E-state index contributed by atoms with van der Waals surface area (Å²) in [7, 11) is 0. The fourth-order valence-corrected chi connectivity index (χ4v) is 8.88. The van der Waals surface area contributed by atoms with Gasteiger partial charge in [-0.1, -0.05) is 152 Å². The molecule has 0 spiro atoms. The van der Waals surface area contributed by atoms with Gasteiger partial charge < -0.3 is 0 Å². The molecule has 0 atom stereocenters. The Labute approximate surface area is 310 Å². The van der Waals surface area contributed by atoms with E-state index < -0.39 is 0 Å². The molecule has 2 heterocycles. The molecular weight excluding hydrogens is 669 g/mol. The highest BCUT2D eigenvalue weighted by Crippen LogP contribution is 2.45. The zero-order valence-electron chi connectivity index (χ0n) is 28.0. The fourth-order valence-electron chi connectivity index (χ4n) is 7.59. The van der Waals surface area contributed by atoms with Gasteiger partial charge in [-0.15, -0.1) is 22.7 Å². The van der Waals surface area contributed by atoms with E-state index in [0.717, 1.165) is 21.1 Å². The molecule has 8 aromatic carbocycles. The molecule has 0 N–H and O–H groups in total. The Hall–Kier alpha value is -6.20. The highest BCUT2D eigenvalue weighted by molar-refractivity contribution is 7.13. The lowest BCUT2D eigenvalue weighted by molar-refractivity contribution is 1.41. The van der Waals surface area contributed by atoms with Crippen molar-refractivity contribution in [2.45, 2.75) is 0 Å². The molecule has 0 aliphatic carbocycles. The minimum Gasteiger partial charge on any atom is -0.245 e. The molecule has 2 nitrogen and oxygen atoms in total. The maximum atomic E-state index is 4.56. The van der Waals surface area contributed by atoms with Crippen LogP contribution in [0.1, 0.15) is 0 Å². The fraction of sp³-hybridized carbons (Fsp3) is 0. The molecule has 0 radical (unpaired) electrons. The lowest BCUT2D eigenvalue weighted by Gasteiger charge is -2.19. The van der Waals surface area contributed by atoms with Gasteiger partial charge in [0.05, 0.1) is 0 Å². The molecular formula is C48H30N2S2. The van der Waals surface area contributed by atoms with E-state index in [1.54, 1.807) is 22.7 Å². The van der Waals surface area contributed by atoms with Crippen LogP contribution in [0.2, 0.25) is 0 Å². The zero-order valence-corrected chi connectivity index (χ0v) is 29.7. The van der Waals surface area contributed by atoms with Crippen LogP contribution in [0.5, 0.6) is 0 Å². The lowest BCUT2D eigenvalue weighted by Crippen LogP contribution is -1.92. The van der Waals surface area contributed by atoms with Crippen LogP contribution in [0.3, 0.4) is 0 Å². The van der Waals surface area contributed by atoms with Gasteiger partial charge in [0, 0.05) is 34.3 Å². The molecule has 0 unspecified atom stereocenters. The van der Waals surface area contributed by atoms with Gasteiger partial charge in [0.25, 0.3) is 0 Å². The van der Waals surface area contributed by atoms with Gasteiger partial charge in [-0.2, -0.15) is 0 Å². The van der Waals surface area contributed by atoms with E-state index in [0.29, 0.717) is 0 Å². The number of rotatable bonds is 6. The SMILES string of the molecule is c1ccc2c(-c3ccc(-c4ccc5c(-c6ccc(-c7nccs7)cc6)c6ccccc6c(-c6ccc(-c7nccs7)cc6)c5c4)cc3)cccc2c1. The quantitative estimate of drug-likeness (QED) is 0.162. The van der Waals surface area contributed by atoms with Gasteiger partial charge >= 0.3 is 0 Å². The van der Waals surface area contributed by atoms with Crippen molar-refractivity contribution >= 4 is 55.0 Å². The molecule has 0 aliphatic rings. The Bertz CT molecular complexity index is 2850. The van der Waals surface area contributed by atoms with E-state index in [9.17, 15) is 0 Å². The minimum absolute atomic E-state index is 1.03. The predicted molar refractivity (Wildman–Crippen MR) is 223 cm³/mol. The van der Waals surface area contributed by atoms with Crippen molar-refractivity contribution in [1.29, 1.82) is 0 Å². The number of nitrogens with zero attached hydrogens (tertiary/aromatic N) is 2. The van der Waals surface area contributed by atoms with Gasteiger partial charge in [-0.25, -0.2) is 9.97 Å². The molecule has 0 saturated heterocycles. The Morgan fingerprint density at radius 3 is 1.38 bits per heavy atom. The van der Waals surface area contributed by atoms with Crippen molar-refractivity contribution in [2.75, 3.05) is 0 Å². The molecule has 244 valence electrons. The smallest absolute Gasteiger partial charge is 0.123 e. The summed E-state index contributed by atoms with van der Waals surface area (Å²) in [5, 5.41) is 13.6. The number of hydrogen-bond acceptors (Lipinski definition) is 4. The van der Waals surface area contributed by atoms with Crippen LogP contribution < -0.4 is 0 Å². The maximum absolute atomic E-state index is 4.56. The second kappa shape index (κ2) is 12.8. The van der Waals surface area contributed by atoms with Gasteiger partial charge in [0.15, 0.2) is 0 Å². The van der Waals surface area contributed by atoms with Gasteiger partial charge in [-0.3, -0.25) is 0 Å². The molecule has 4 heteroatoms. The van der Waals surface area contributed by atoms with Crippen LogP contribution in [0, 0.1) is 0 Å². The summed E-state index contributed by atoms with van der Waals surface area (Å²) in [6, 6.07) is 57.9. The van der Waals surface area contributed by atoms with Crippen molar-refractivity contribution in [3.63, 3.8) is 0 Å². The summed E-state index contributed by atoms with van der Waals surface area (Å²) >= 11 is 3.33. The molecule has 0 fully saturated rings. The van der Waals surface area contributed by atoms with Gasteiger partial charge in [0.1, 0.15) is 10.0 Å². The van der Waals surface area contributed by atoms with E-state index >= 15 is 0 Å². The third-order valence-corrected chi connectivity index (χ3v) is 11.7. The Kier molecular flexibility index (Phi) is 7.56. The van der Waals surface area contributed by atoms with Crippen LogP contribution >= 0.6 is 22.7 Å². The monoisotopic (exact) mass is 698 g/mol. The molecule has 0 amide bonds. The molecule has 10 aromatic rings. The van der Waals surface area contributed by atoms with Crippen molar-refractivity contribution in [2.24, 2.45) is 0 Å². The first-order chi connectivity index (χ1) is 25.8. The van der Waals surface area contributed by atoms with Crippen LogP contribution in [0.15, 0.2) is 181 Å². The summed E-state index contributed by atoms with van der Waals surface area (Å²) in [6.45, 7) is 0. The van der Waals surface area contributed by atoms with Crippen LogP contribution in [0.25, 0.3) is 98.0 Å². The average Bonchev–Trinajstić information content (AvgIpc) is 3.96. The topological polar surface area (TPSA) is 25.8 Å². The molecule has 52 heavy (non-hydrogen) atoms. The number of hydrogen-bond donors (Lipinski definition) is 0. The van der Waals surface area contributed by atoms with Gasteiger partial charge in [0.2, 0.25) is 0 Å². The van der Waals surface area contributed by atoms with Crippen molar-refractivity contribution in [3.8, 4) is 65.6 Å². The highest BCUT2D eigenvalue weighted by Gasteiger charge is 2.18. The second-order valence-corrected chi connectivity index (χ2v) is 14.8. The number of thiazole rings is 2. The predicted octanol–water partition coefficient (Wildman–Crippen LogP) is 14.1. The van der Waals surface area contributed by atoms with E-state index in [1.165, 1.54) is 76.8 Å². The summed E-state index contributed by atoms with van der Waals surface area (Å²) < 4.78 is 0. The largest absolute Gasteiger partial charge is 0.245 e. The van der Waals surface area contributed by atoms with Crippen LogP contribution in [-0.2, 0) is 0 Å².